The molecule has 0 bridgehead atoms. The van der Waals surface area contributed by atoms with Crippen molar-refractivity contribution < 1.29 is 4.74 Å². The summed E-state index contributed by atoms with van der Waals surface area (Å²) in [5.74, 6) is 0. The van der Waals surface area contributed by atoms with Gasteiger partial charge in [-0.25, -0.2) is 0 Å². The summed E-state index contributed by atoms with van der Waals surface area (Å²) in [6.07, 6.45) is 31.1. The molecule has 0 aliphatic heterocycles. The molecule has 0 heterocycles. The third-order valence-corrected chi connectivity index (χ3v) is 5.78. The van der Waals surface area contributed by atoms with E-state index in [9.17, 15) is 0 Å². The minimum Gasteiger partial charge on any atom is -0.381 e. The van der Waals surface area contributed by atoms with Crippen LogP contribution in [0.3, 0.4) is 0 Å². The van der Waals surface area contributed by atoms with Gasteiger partial charge in [-0.15, -0.1) is 12.4 Å². The van der Waals surface area contributed by atoms with Crippen molar-refractivity contribution in [3.05, 3.63) is 0 Å². The van der Waals surface area contributed by atoms with Crippen molar-refractivity contribution >= 4 is 12.4 Å². The van der Waals surface area contributed by atoms with E-state index in [1.807, 2.05) is 0 Å². The molecule has 0 N–H and O–H groups in total. The number of halogens is 1. The summed E-state index contributed by atoms with van der Waals surface area (Å²) in [4.78, 5) is 0. The molecule has 0 spiro atoms. The third-order valence-electron chi connectivity index (χ3n) is 5.78. The quantitative estimate of drug-likeness (QED) is 0.141. The van der Waals surface area contributed by atoms with Crippen molar-refractivity contribution in [3.63, 3.8) is 0 Å². The normalized spacial score (nSPS) is 10.9. The van der Waals surface area contributed by atoms with E-state index in [-0.39, 0.29) is 12.4 Å². The van der Waals surface area contributed by atoms with Crippen molar-refractivity contribution in [1.29, 1.82) is 0 Å². The van der Waals surface area contributed by atoms with Crippen LogP contribution in [0.4, 0.5) is 0 Å². The van der Waals surface area contributed by atoms with Gasteiger partial charge in [0.25, 0.3) is 0 Å². The number of ether oxygens (including phenoxy) is 1. The van der Waals surface area contributed by atoms with Crippen LogP contribution in [-0.2, 0) is 4.74 Å². The fourth-order valence-electron chi connectivity index (χ4n) is 3.84. The Labute approximate surface area is 185 Å². The van der Waals surface area contributed by atoms with E-state index in [0.29, 0.717) is 0 Å². The van der Waals surface area contributed by atoms with Crippen LogP contribution >= 0.6 is 12.4 Å². The predicted octanol–water partition coefficient (Wildman–Crippen LogP) is 10.0. The van der Waals surface area contributed by atoms with E-state index in [1.54, 1.807) is 0 Å². The fourth-order valence-corrected chi connectivity index (χ4v) is 3.84. The molecule has 0 fully saturated rings. The fraction of sp³-hybridized carbons (Fsp3) is 1.00. The molecule has 0 rings (SSSR count). The van der Waals surface area contributed by atoms with Gasteiger partial charge >= 0.3 is 0 Å². The number of hydrogen-bond acceptors (Lipinski definition) is 1. The SMILES string of the molecule is CCCCCCCCCCCCCOCCCCCCCCCCCCC.Cl. The molecule has 0 aliphatic rings. The number of unbranched alkanes of at least 4 members (excludes halogenated alkanes) is 20. The summed E-state index contributed by atoms with van der Waals surface area (Å²) < 4.78 is 5.80. The van der Waals surface area contributed by atoms with Crippen molar-refractivity contribution in [1.82, 2.24) is 0 Å². The first-order chi connectivity index (χ1) is 13.4. The molecular weight excluding hydrogens is 364 g/mol. The van der Waals surface area contributed by atoms with Gasteiger partial charge in [0.2, 0.25) is 0 Å². The highest BCUT2D eigenvalue weighted by Crippen LogP contribution is 2.12. The Morgan fingerprint density at radius 3 is 0.786 bits per heavy atom. The summed E-state index contributed by atoms with van der Waals surface area (Å²) in [6, 6.07) is 0. The molecule has 0 amide bonds. The molecule has 0 aromatic heterocycles. The lowest BCUT2D eigenvalue weighted by Gasteiger charge is -2.05. The maximum absolute atomic E-state index is 5.80. The molecule has 2 heteroatoms. The van der Waals surface area contributed by atoms with Gasteiger partial charge in [-0.3, -0.25) is 0 Å². The first-order valence-corrected chi connectivity index (χ1v) is 13.0. The lowest BCUT2D eigenvalue weighted by atomic mass is 10.1. The highest BCUT2D eigenvalue weighted by atomic mass is 35.5. The minimum atomic E-state index is 0. The second-order valence-electron chi connectivity index (χ2n) is 8.68. The van der Waals surface area contributed by atoms with Crippen molar-refractivity contribution in [2.75, 3.05) is 13.2 Å². The average molecular weight is 419 g/mol. The van der Waals surface area contributed by atoms with Crippen LogP contribution in [0.2, 0.25) is 0 Å². The van der Waals surface area contributed by atoms with E-state index in [0.717, 1.165) is 13.2 Å². The van der Waals surface area contributed by atoms with Gasteiger partial charge in [0.05, 0.1) is 0 Å². The Bertz CT molecular complexity index is 221. The summed E-state index contributed by atoms with van der Waals surface area (Å²) in [5, 5.41) is 0. The molecule has 0 unspecified atom stereocenters. The molecule has 0 saturated heterocycles. The third kappa shape index (κ3) is 28.5. The van der Waals surface area contributed by atoms with Gasteiger partial charge in [-0.1, -0.05) is 142 Å². The zero-order valence-electron chi connectivity index (χ0n) is 19.8. The molecular formula is C26H55ClO. The van der Waals surface area contributed by atoms with Gasteiger partial charge in [0.15, 0.2) is 0 Å². The minimum absolute atomic E-state index is 0. The zero-order valence-corrected chi connectivity index (χ0v) is 20.6. The average Bonchev–Trinajstić information content (AvgIpc) is 2.68. The Balaban J connectivity index is 0. The van der Waals surface area contributed by atoms with Crippen molar-refractivity contribution in [2.24, 2.45) is 0 Å². The molecule has 0 saturated carbocycles. The van der Waals surface area contributed by atoms with Crippen LogP contribution in [0.15, 0.2) is 0 Å². The van der Waals surface area contributed by atoms with Crippen molar-refractivity contribution in [2.45, 2.75) is 155 Å². The molecule has 0 aliphatic carbocycles. The molecule has 0 aromatic rings. The Morgan fingerprint density at radius 1 is 0.321 bits per heavy atom. The van der Waals surface area contributed by atoms with Crippen LogP contribution in [-0.4, -0.2) is 13.2 Å². The van der Waals surface area contributed by atoms with E-state index in [2.05, 4.69) is 13.8 Å². The molecule has 0 aromatic carbocycles. The summed E-state index contributed by atoms with van der Waals surface area (Å²) in [5.41, 5.74) is 0. The van der Waals surface area contributed by atoms with Gasteiger partial charge in [-0.05, 0) is 12.8 Å². The van der Waals surface area contributed by atoms with Crippen molar-refractivity contribution in [3.8, 4) is 0 Å². The highest BCUT2D eigenvalue weighted by Gasteiger charge is 1.95. The van der Waals surface area contributed by atoms with Crippen LogP contribution in [0, 0.1) is 0 Å². The molecule has 0 radical (unpaired) electrons. The molecule has 28 heavy (non-hydrogen) atoms. The maximum Gasteiger partial charge on any atom is 0.0466 e. The van der Waals surface area contributed by atoms with Gasteiger partial charge < -0.3 is 4.74 Å². The largest absolute Gasteiger partial charge is 0.381 e. The predicted molar refractivity (Wildman–Crippen MR) is 131 cm³/mol. The lowest BCUT2D eigenvalue weighted by Crippen LogP contribution is -1.97. The summed E-state index contributed by atoms with van der Waals surface area (Å²) >= 11 is 0. The van der Waals surface area contributed by atoms with Crippen LogP contribution in [0.25, 0.3) is 0 Å². The number of rotatable bonds is 24. The molecule has 172 valence electrons. The van der Waals surface area contributed by atoms with E-state index < -0.39 is 0 Å². The zero-order chi connectivity index (χ0) is 19.7. The smallest absolute Gasteiger partial charge is 0.0466 e. The summed E-state index contributed by atoms with van der Waals surface area (Å²) in [7, 11) is 0. The number of hydrogen-bond donors (Lipinski definition) is 0. The maximum atomic E-state index is 5.80. The summed E-state index contributed by atoms with van der Waals surface area (Å²) in [6.45, 7) is 6.58. The first-order valence-electron chi connectivity index (χ1n) is 13.0. The second-order valence-corrected chi connectivity index (χ2v) is 8.68. The van der Waals surface area contributed by atoms with Crippen LogP contribution in [0.5, 0.6) is 0 Å². The monoisotopic (exact) mass is 418 g/mol. The van der Waals surface area contributed by atoms with Crippen LogP contribution in [0.1, 0.15) is 155 Å². The Morgan fingerprint density at radius 2 is 0.536 bits per heavy atom. The molecule has 1 nitrogen and oxygen atoms in total. The van der Waals surface area contributed by atoms with E-state index >= 15 is 0 Å². The standard InChI is InChI=1S/C26H54O.ClH/c1-3-5-7-9-11-13-15-17-19-21-23-25-27-26-24-22-20-18-16-14-12-10-8-6-4-2;/h3-26H2,1-2H3;1H. The lowest BCUT2D eigenvalue weighted by molar-refractivity contribution is 0.125. The second kappa shape index (κ2) is 29.5. The Hall–Kier alpha value is 0.250. The Kier molecular flexibility index (Phi) is 32.0. The van der Waals surface area contributed by atoms with Gasteiger partial charge in [0.1, 0.15) is 0 Å². The highest BCUT2D eigenvalue weighted by molar-refractivity contribution is 5.85. The van der Waals surface area contributed by atoms with Crippen LogP contribution < -0.4 is 0 Å². The van der Waals surface area contributed by atoms with E-state index in [1.165, 1.54) is 141 Å². The first kappa shape index (κ1) is 30.4. The van der Waals surface area contributed by atoms with Gasteiger partial charge in [-0.2, -0.15) is 0 Å². The molecule has 0 atom stereocenters. The topological polar surface area (TPSA) is 9.23 Å². The van der Waals surface area contributed by atoms with Gasteiger partial charge in [0, 0.05) is 13.2 Å². The van der Waals surface area contributed by atoms with E-state index in [4.69, 9.17) is 4.74 Å².